The maximum atomic E-state index is 12.5. The van der Waals surface area contributed by atoms with E-state index in [1.54, 1.807) is 14.2 Å². The number of rotatable bonds is 6. The molecule has 1 aromatic heterocycles. The summed E-state index contributed by atoms with van der Waals surface area (Å²) in [5, 5.41) is 5.16. The number of benzene rings is 1. The number of methoxy groups -OCH3 is 2. The Morgan fingerprint density at radius 2 is 2.08 bits per heavy atom. The smallest absolute Gasteiger partial charge is 0.237 e. The van der Waals surface area contributed by atoms with Crippen molar-refractivity contribution in [1.82, 2.24) is 10.2 Å². The third-order valence-electron chi connectivity index (χ3n) is 4.68. The van der Waals surface area contributed by atoms with Gasteiger partial charge in [-0.3, -0.25) is 9.69 Å². The summed E-state index contributed by atoms with van der Waals surface area (Å²) in [4.78, 5) is 16.2. The first-order chi connectivity index (χ1) is 12.1. The molecule has 1 aliphatic rings. The van der Waals surface area contributed by atoms with Crippen molar-refractivity contribution in [1.29, 1.82) is 0 Å². The highest BCUT2D eigenvalue weighted by Gasteiger charge is 2.25. The van der Waals surface area contributed by atoms with Gasteiger partial charge in [-0.1, -0.05) is 6.07 Å². The number of hydrogen-bond acceptors (Lipinski definition) is 5. The molecule has 0 saturated heterocycles. The van der Waals surface area contributed by atoms with Crippen LogP contribution < -0.4 is 14.8 Å². The number of nitrogens with zero attached hydrogens (tertiary/aromatic N) is 1. The Labute approximate surface area is 152 Å². The van der Waals surface area contributed by atoms with E-state index in [2.05, 4.69) is 21.7 Å². The van der Waals surface area contributed by atoms with Crippen molar-refractivity contribution in [3.63, 3.8) is 0 Å². The number of carbonyl (C=O) groups excluding carboxylic acids is 1. The van der Waals surface area contributed by atoms with Crippen LogP contribution >= 0.6 is 11.3 Å². The standard InChI is InChI=1S/C19H24N2O3S/c1-13(21-8-6-18-15(12-21)7-9-25-18)19(22)20-11-14-4-5-16(23-2)17(10-14)24-3/h4-5,7,9-10,13H,6,8,11-12H2,1-3H3,(H,20,22). The second kappa shape index (κ2) is 7.89. The van der Waals surface area contributed by atoms with Crippen molar-refractivity contribution < 1.29 is 14.3 Å². The lowest BCUT2D eigenvalue weighted by molar-refractivity contribution is -0.126. The highest BCUT2D eigenvalue weighted by atomic mass is 32.1. The number of nitrogens with one attached hydrogen (secondary N) is 1. The third kappa shape index (κ3) is 3.96. The molecule has 2 aromatic rings. The fraction of sp³-hybridized carbons (Fsp3) is 0.421. The molecule has 25 heavy (non-hydrogen) atoms. The van der Waals surface area contributed by atoms with Gasteiger partial charge in [0.25, 0.3) is 0 Å². The molecule has 1 unspecified atom stereocenters. The molecule has 1 amide bonds. The summed E-state index contributed by atoms with van der Waals surface area (Å²) in [5.41, 5.74) is 2.34. The Bertz CT molecular complexity index is 744. The maximum absolute atomic E-state index is 12.5. The van der Waals surface area contributed by atoms with Crippen molar-refractivity contribution in [2.45, 2.75) is 32.5 Å². The Morgan fingerprint density at radius 3 is 2.84 bits per heavy atom. The summed E-state index contributed by atoms with van der Waals surface area (Å²) >= 11 is 1.81. The summed E-state index contributed by atoms with van der Waals surface area (Å²) in [6.07, 6.45) is 1.03. The van der Waals surface area contributed by atoms with Crippen LogP contribution in [-0.4, -0.2) is 37.6 Å². The van der Waals surface area contributed by atoms with Gasteiger partial charge < -0.3 is 14.8 Å². The molecule has 1 N–H and O–H groups in total. The van der Waals surface area contributed by atoms with E-state index in [1.165, 1.54) is 10.4 Å². The number of thiophene rings is 1. The minimum atomic E-state index is -0.145. The summed E-state index contributed by atoms with van der Waals surface area (Å²) in [6.45, 7) is 4.23. The van der Waals surface area contributed by atoms with Gasteiger partial charge in [-0.15, -0.1) is 11.3 Å². The van der Waals surface area contributed by atoms with Crippen LogP contribution in [0.15, 0.2) is 29.6 Å². The van der Waals surface area contributed by atoms with Crippen LogP contribution in [0.3, 0.4) is 0 Å². The molecule has 1 atom stereocenters. The van der Waals surface area contributed by atoms with Crippen LogP contribution in [0.4, 0.5) is 0 Å². The van der Waals surface area contributed by atoms with Gasteiger partial charge in [0, 0.05) is 24.5 Å². The van der Waals surface area contributed by atoms with Gasteiger partial charge in [-0.25, -0.2) is 0 Å². The van der Waals surface area contributed by atoms with E-state index in [0.717, 1.165) is 25.1 Å². The summed E-state index contributed by atoms with van der Waals surface area (Å²) < 4.78 is 10.5. The predicted molar refractivity (Wildman–Crippen MR) is 99.3 cm³/mol. The molecule has 5 nitrogen and oxygen atoms in total. The Hall–Kier alpha value is -2.05. The molecule has 0 bridgehead atoms. The van der Waals surface area contributed by atoms with Crippen LogP contribution in [0.5, 0.6) is 11.5 Å². The zero-order valence-corrected chi connectivity index (χ0v) is 15.7. The first-order valence-electron chi connectivity index (χ1n) is 8.40. The lowest BCUT2D eigenvalue weighted by Gasteiger charge is -2.31. The van der Waals surface area contributed by atoms with Gasteiger partial charge in [0.2, 0.25) is 5.91 Å². The molecule has 6 heteroatoms. The molecule has 2 heterocycles. The Morgan fingerprint density at radius 1 is 1.28 bits per heavy atom. The molecule has 1 aromatic carbocycles. The molecule has 0 aliphatic carbocycles. The van der Waals surface area contributed by atoms with Gasteiger partial charge in [-0.2, -0.15) is 0 Å². The quantitative estimate of drug-likeness (QED) is 0.861. The van der Waals surface area contributed by atoms with E-state index >= 15 is 0 Å². The number of carbonyl (C=O) groups is 1. The van der Waals surface area contributed by atoms with Crippen molar-refractivity contribution in [3.8, 4) is 11.5 Å². The average Bonchev–Trinajstić information content (AvgIpc) is 3.12. The minimum Gasteiger partial charge on any atom is -0.493 e. The van der Waals surface area contributed by atoms with Crippen LogP contribution in [0.1, 0.15) is 22.9 Å². The van der Waals surface area contributed by atoms with E-state index < -0.39 is 0 Å². The molecule has 3 rings (SSSR count). The normalized spacial score (nSPS) is 15.3. The van der Waals surface area contributed by atoms with Crippen LogP contribution in [-0.2, 0) is 24.3 Å². The summed E-state index contributed by atoms with van der Waals surface area (Å²) in [5.74, 6) is 1.41. The van der Waals surface area contributed by atoms with Gasteiger partial charge in [-0.05, 0) is 48.1 Å². The van der Waals surface area contributed by atoms with Crippen molar-refractivity contribution in [2.75, 3.05) is 20.8 Å². The number of ether oxygens (including phenoxy) is 2. The van der Waals surface area contributed by atoms with E-state index in [-0.39, 0.29) is 11.9 Å². The van der Waals surface area contributed by atoms with Crippen molar-refractivity contribution >= 4 is 17.2 Å². The van der Waals surface area contributed by atoms with Gasteiger partial charge in [0.1, 0.15) is 0 Å². The highest BCUT2D eigenvalue weighted by Crippen LogP contribution is 2.28. The lowest BCUT2D eigenvalue weighted by atomic mass is 10.1. The molecule has 0 saturated carbocycles. The van der Waals surface area contributed by atoms with E-state index in [0.29, 0.717) is 18.0 Å². The first-order valence-corrected chi connectivity index (χ1v) is 9.28. The lowest BCUT2D eigenvalue weighted by Crippen LogP contribution is -2.46. The molecule has 0 radical (unpaired) electrons. The van der Waals surface area contributed by atoms with E-state index in [4.69, 9.17) is 9.47 Å². The van der Waals surface area contributed by atoms with Crippen LogP contribution in [0.25, 0.3) is 0 Å². The molecule has 134 valence electrons. The topological polar surface area (TPSA) is 50.8 Å². The van der Waals surface area contributed by atoms with Crippen molar-refractivity contribution in [3.05, 3.63) is 45.6 Å². The summed E-state index contributed by atoms with van der Waals surface area (Å²) in [7, 11) is 3.22. The zero-order valence-electron chi connectivity index (χ0n) is 14.9. The predicted octanol–water partition coefficient (Wildman–Crippen LogP) is 2.83. The second-order valence-electron chi connectivity index (χ2n) is 6.17. The Balaban J connectivity index is 1.57. The SMILES string of the molecule is COc1ccc(CNC(=O)C(C)N2CCc3sccc3C2)cc1OC. The second-order valence-corrected chi connectivity index (χ2v) is 7.17. The van der Waals surface area contributed by atoms with Crippen LogP contribution in [0.2, 0.25) is 0 Å². The fourth-order valence-corrected chi connectivity index (χ4v) is 3.98. The molecule has 1 aliphatic heterocycles. The number of hydrogen-bond donors (Lipinski definition) is 1. The molecular weight excluding hydrogens is 336 g/mol. The largest absolute Gasteiger partial charge is 0.493 e. The third-order valence-corrected chi connectivity index (χ3v) is 5.70. The average molecular weight is 360 g/mol. The number of amides is 1. The number of fused-ring (bicyclic) bond motifs is 1. The maximum Gasteiger partial charge on any atom is 0.237 e. The van der Waals surface area contributed by atoms with Gasteiger partial charge in [0.05, 0.1) is 20.3 Å². The molecule has 0 fully saturated rings. The molecular formula is C19H24N2O3S. The fourth-order valence-electron chi connectivity index (χ4n) is 3.09. The minimum absolute atomic E-state index is 0.0495. The van der Waals surface area contributed by atoms with Crippen molar-refractivity contribution in [2.24, 2.45) is 0 Å². The van der Waals surface area contributed by atoms with Gasteiger partial charge >= 0.3 is 0 Å². The highest BCUT2D eigenvalue weighted by molar-refractivity contribution is 7.10. The van der Waals surface area contributed by atoms with E-state index in [1.807, 2.05) is 36.5 Å². The molecule has 0 spiro atoms. The summed E-state index contributed by atoms with van der Waals surface area (Å²) in [6, 6.07) is 7.70. The van der Waals surface area contributed by atoms with E-state index in [9.17, 15) is 4.79 Å². The van der Waals surface area contributed by atoms with Crippen LogP contribution in [0, 0.1) is 0 Å². The zero-order chi connectivity index (χ0) is 17.8. The Kier molecular flexibility index (Phi) is 5.60. The monoisotopic (exact) mass is 360 g/mol. The van der Waals surface area contributed by atoms with Gasteiger partial charge in [0.15, 0.2) is 11.5 Å². The first kappa shape index (κ1) is 17.8.